The SMILES string of the molecule is C=CCN1C(=O)S/C(=C/c2ccc(OCC(=O)OCC)cc2)C1=O. The number of hydrogen-bond acceptors (Lipinski definition) is 6. The fraction of sp³-hybridized carbons (Fsp3) is 0.235. The van der Waals surface area contributed by atoms with Gasteiger partial charge in [-0.05, 0) is 42.5 Å². The molecule has 1 aliphatic rings. The number of ether oxygens (including phenoxy) is 2. The molecule has 6 nitrogen and oxygen atoms in total. The highest BCUT2D eigenvalue weighted by atomic mass is 32.2. The van der Waals surface area contributed by atoms with Crippen LogP contribution in [0.2, 0.25) is 0 Å². The molecular weight excluding hydrogens is 330 g/mol. The minimum absolute atomic E-state index is 0.159. The molecule has 0 aliphatic carbocycles. The van der Waals surface area contributed by atoms with Gasteiger partial charge < -0.3 is 9.47 Å². The molecule has 24 heavy (non-hydrogen) atoms. The number of amides is 2. The second-order valence-corrected chi connectivity index (χ2v) is 5.74. The van der Waals surface area contributed by atoms with Crippen molar-refractivity contribution in [2.24, 2.45) is 0 Å². The summed E-state index contributed by atoms with van der Waals surface area (Å²) in [6.07, 6.45) is 3.15. The Morgan fingerprint density at radius 2 is 2.00 bits per heavy atom. The molecule has 1 saturated heterocycles. The van der Waals surface area contributed by atoms with Gasteiger partial charge in [0.2, 0.25) is 0 Å². The fourth-order valence-corrected chi connectivity index (χ4v) is 2.79. The van der Waals surface area contributed by atoms with Gasteiger partial charge in [0.05, 0.1) is 11.5 Å². The Morgan fingerprint density at radius 3 is 2.62 bits per heavy atom. The molecule has 126 valence electrons. The van der Waals surface area contributed by atoms with E-state index in [1.54, 1.807) is 37.3 Å². The van der Waals surface area contributed by atoms with Crippen molar-refractivity contribution in [3.8, 4) is 5.75 Å². The molecule has 0 saturated carbocycles. The van der Waals surface area contributed by atoms with E-state index in [1.165, 1.54) is 6.08 Å². The summed E-state index contributed by atoms with van der Waals surface area (Å²) in [5.41, 5.74) is 0.752. The molecule has 1 heterocycles. The minimum atomic E-state index is -0.433. The van der Waals surface area contributed by atoms with Gasteiger partial charge in [-0.25, -0.2) is 4.79 Å². The molecule has 0 spiro atoms. The van der Waals surface area contributed by atoms with E-state index >= 15 is 0 Å². The van der Waals surface area contributed by atoms with Crippen LogP contribution < -0.4 is 4.74 Å². The molecule has 0 aromatic heterocycles. The Hall–Kier alpha value is -2.54. The van der Waals surface area contributed by atoms with Crippen molar-refractivity contribution in [1.82, 2.24) is 4.90 Å². The van der Waals surface area contributed by atoms with Crippen LogP contribution in [-0.4, -0.2) is 41.8 Å². The molecule has 1 fully saturated rings. The first-order valence-electron chi connectivity index (χ1n) is 7.30. The number of carbonyl (C=O) groups excluding carboxylic acids is 3. The standard InChI is InChI=1S/C17H17NO5S/c1-3-9-18-16(20)14(24-17(18)21)10-12-5-7-13(8-6-12)23-11-15(19)22-4-2/h3,5-8,10H,1,4,9,11H2,2H3/b14-10+. The van der Waals surface area contributed by atoms with Crippen molar-refractivity contribution in [3.63, 3.8) is 0 Å². The molecule has 0 N–H and O–H groups in total. The number of benzene rings is 1. The first kappa shape index (κ1) is 17.8. The van der Waals surface area contributed by atoms with Crippen LogP contribution in [0.15, 0.2) is 41.8 Å². The lowest BCUT2D eigenvalue weighted by Crippen LogP contribution is -2.27. The van der Waals surface area contributed by atoms with E-state index in [-0.39, 0.29) is 24.3 Å². The number of carbonyl (C=O) groups is 3. The number of rotatable bonds is 7. The van der Waals surface area contributed by atoms with Gasteiger partial charge in [-0.2, -0.15) is 0 Å². The van der Waals surface area contributed by atoms with Crippen molar-refractivity contribution in [3.05, 3.63) is 47.4 Å². The highest BCUT2D eigenvalue weighted by Gasteiger charge is 2.33. The Kier molecular flexibility index (Phi) is 6.20. The van der Waals surface area contributed by atoms with E-state index in [1.807, 2.05) is 0 Å². The van der Waals surface area contributed by atoms with Gasteiger partial charge in [-0.3, -0.25) is 14.5 Å². The molecule has 1 aromatic carbocycles. The molecular formula is C17H17NO5S. The second-order valence-electron chi connectivity index (χ2n) is 4.74. The topological polar surface area (TPSA) is 72.9 Å². The predicted octanol–water partition coefficient (Wildman–Crippen LogP) is 2.85. The van der Waals surface area contributed by atoms with Gasteiger partial charge in [0, 0.05) is 6.54 Å². The average Bonchev–Trinajstić information content (AvgIpc) is 2.82. The average molecular weight is 347 g/mol. The zero-order valence-corrected chi connectivity index (χ0v) is 14.0. The maximum atomic E-state index is 12.1. The number of nitrogens with zero attached hydrogens (tertiary/aromatic N) is 1. The second kappa shape index (κ2) is 8.35. The Balaban J connectivity index is 2.01. The molecule has 7 heteroatoms. The first-order chi connectivity index (χ1) is 11.5. The lowest BCUT2D eigenvalue weighted by Gasteiger charge is -2.08. The third-order valence-electron chi connectivity index (χ3n) is 3.03. The van der Waals surface area contributed by atoms with Crippen molar-refractivity contribution in [2.45, 2.75) is 6.92 Å². The summed E-state index contributed by atoms with van der Waals surface area (Å²) in [4.78, 5) is 36.6. The third-order valence-corrected chi connectivity index (χ3v) is 3.93. The number of thioether (sulfide) groups is 1. The third kappa shape index (κ3) is 4.48. The first-order valence-corrected chi connectivity index (χ1v) is 8.11. The van der Waals surface area contributed by atoms with Gasteiger partial charge in [-0.15, -0.1) is 6.58 Å². The highest BCUT2D eigenvalue weighted by molar-refractivity contribution is 8.18. The quantitative estimate of drug-likeness (QED) is 0.429. The fourth-order valence-electron chi connectivity index (χ4n) is 1.94. The van der Waals surface area contributed by atoms with Crippen molar-refractivity contribution >= 4 is 35.0 Å². The van der Waals surface area contributed by atoms with Gasteiger partial charge >= 0.3 is 5.97 Å². The van der Waals surface area contributed by atoms with Crippen molar-refractivity contribution in [2.75, 3.05) is 19.8 Å². The molecule has 1 aliphatic heterocycles. The van der Waals surface area contributed by atoms with Crippen LogP contribution in [0.4, 0.5) is 4.79 Å². The van der Waals surface area contributed by atoms with E-state index in [9.17, 15) is 14.4 Å². The summed E-state index contributed by atoms with van der Waals surface area (Å²) < 4.78 is 10.1. The lowest BCUT2D eigenvalue weighted by molar-refractivity contribution is -0.145. The van der Waals surface area contributed by atoms with Crippen LogP contribution in [0.5, 0.6) is 5.75 Å². The molecule has 0 radical (unpaired) electrons. The van der Waals surface area contributed by atoms with Crippen LogP contribution in [0, 0.1) is 0 Å². The van der Waals surface area contributed by atoms with Crippen molar-refractivity contribution < 1.29 is 23.9 Å². The predicted molar refractivity (Wildman–Crippen MR) is 91.4 cm³/mol. The van der Waals surface area contributed by atoms with Crippen LogP contribution in [0.1, 0.15) is 12.5 Å². The lowest BCUT2D eigenvalue weighted by atomic mass is 10.2. The molecule has 0 bridgehead atoms. The van der Waals surface area contributed by atoms with Gasteiger partial charge in [0.1, 0.15) is 5.75 Å². The summed E-state index contributed by atoms with van der Waals surface area (Å²) in [6, 6.07) is 6.84. The maximum absolute atomic E-state index is 12.1. The summed E-state index contributed by atoms with van der Waals surface area (Å²) in [5, 5.41) is -0.305. The number of imide groups is 1. The molecule has 0 unspecified atom stereocenters. The highest BCUT2D eigenvalue weighted by Crippen LogP contribution is 2.32. The zero-order chi connectivity index (χ0) is 17.5. The monoisotopic (exact) mass is 347 g/mol. The van der Waals surface area contributed by atoms with E-state index in [0.717, 1.165) is 22.2 Å². The maximum Gasteiger partial charge on any atom is 0.344 e. The van der Waals surface area contributed by atoms with E-state index in [0.29, 0.717) is 17.3 Å². The van der Waals surface area contributed by atoms with Crippen LogP contribution in [0.25, 0.3) is 6.08 Å². The Morgan fingerprint density at radius 1 is 1.29 bits per heavy atom. The van der Waals surface area contributed by atoms with Gasteiger partial charge in [0.15, 0.2) is 6.61 Å². The van der Waals surface area contributed by atoms with Gasteiger partial charge in [0.25, 0.3) is 11.1 Å². The summed E-state index contributed by atoms with van der Waals surface area (Å²) in [6.45, 7) is 5.60. The minimum Gasteiger partial charge on any atom is -0.482 e. The largest absolute Gasteiger partial charge is 0.482 e. The van der Waals surface area contributed by atoms with Gasteiger partial charge in [-0.1, -0.05) is 18.2 Å². The van der Waals surface area contributed by atoms with Crippen molar-refractivity contribution in [1.29, 1.82) is 0 Å². The van der Waals surface area contributed by atoms with E-state index in [4.69, 9.17) is 9.47 Å². The number of esters is 1. The summed E-state index contributed by atoms with van der Waals surface area (Å²) >= 11 is 0.899. The number of hydrogen-bond donors (Lipinski definition) is 0. The Bertz CT molecular complexity index is 681. The molecule has 2 amide bonds. The summed E-state index contributed by atoms with van der Waals surface area (Å²) in [7, 11) is 0. The van der Waals surface area contributed by atoms with Crippen LogP contribution in [-0.2, 0) is 14.3 Å². The molecule has 1 aromatic rings. The molecule has 2 rings (SSSR count). The zero-order valence-electron chi connectivity index (χ0n) is 13.2. The normalized spacial score (nSPS) is 15.7. The Labute approximate surface area is 144 Å². The molecule has 0 atom stereocenters. The summed E-state index contributed by atoms with van der Waals surface area (Å²) in [5.74, 6) is -0.245. The smallest absolute Gasteiger partial charge is 0.344 e. The van der Waals surface area contributed by atoms with E-state index in [2.05, 4.69) is 6.58 Å². The van der Waals surface area contributed by atoms with Crippen LogP contribution in [0.3, 0.4) is 0 Å². The van der Waals surface area contributed by atoms with Crippen LogP contribution >= 0.6 is 11.8 Å². The van der Waals surface area contributed by atoms with E-state index < -0.39 is 5.97 Å².